The molecule has 1 heterocycles. The number of anilines is 2. The molecular weight excluding hydrogens is 254 g/mol. The van der Waals surface area contributed by atoms with Gasteiger partial charge >= 0.3 is 0 Å². The molecule has 0 bridgehead atoms. The molecule has 0 unspecified atom stereocenters. The van der Waals surface area contributed by atoms with E-state index in [0.717, 1.165) is 42.1 Å². The fourth-order valence-electron chi connectivity index (χ4n) is 2.19. The largest absolute Gasteiger partial charge is 0.393 e. The first kappa shape index (κ1) is 13.0. The zero-order valence-corrected chi connectivity index (χ0v) is 11.6. The number of nitrogen functional groups attached to an aromatic ring is 1. The molecule has 1 aliphatic carbocycles. The summed E-state index contributed by atoms with van der Waals surface area (Å²) < 4.78 is 4.16. The van der Waals surface area contributed by atoms with Gasteiger partial charge < -0.3 is 16.2 Å². The van der Waals surface area contributed by atoms with Crippen LogP contribution in [0.2, 0.25) is 0 Å². The average Bonchev–Trinajstić information content (AvgIpc) is 2.69. The molecule has 96 valence electrons. The van der Waals surface area contributed by atoms with Crippen LogP contribution in [0.1, 0.15) is 25.7 Å². The number of nitrogens with zero attached hydrogens (tertiary/aromatic N) is 1. The number of hydrogen-bond donors (Lipinski definition) is 3. The molecule has 0 aliphatic heterocycles. The standard InChI is InChI=1S/C11H19N3OS2/c1-16-9-10(12)14-17-11(9)13-6-7-2-4-8(15)5-3-7/h7-8,13,15H,2-6H2,1H3,(H2,12,14). The lowest BCUT2D eigenvalue weighted by Gasteiger charge is -2.25. The van der Waals surface area contributed by atoms with Gasteiger partial charge in [0.15, 0.2) is 5.82 Å². The van der Waals surface area contributed by atoms with Gasteiger partial charge in [-0.05, 0) is 49.4 Å². The van der Waals surface area contributed by atoms with E-state index >= 15 is 0 Å². The molecule has 1 saturated carbocycles. The normalized spacial score (nSPS) is 24.8. The lowest BCUT2D eigenvalue weighted by molar-refractivity contribution is 0.111. The Bertz CT molecular complexity index is 362. The third-order valence-electron chi connectivity index (χ3n) is 3.25. The number of aliphatic hydroxyl groups excluding tert-OH is 1. The molecule has 0 spiro atoms. The van der Waals surface area contributed by atoms with E-state index in [2.05, 4.69) is 9.69 Å². The summed E-state index contributed by atoms with van der Waals surface area (Å²) in [5, 5.41) is 14.0. The van der Waals surface area contributed by atoms with Gasteiger partial charge in [-0.1, -0.05) is 0 Å². The summed E-state index contributed by atoms with van der Waals surface area (Å²) in [6.07, 6.45) is 6.03. The summed E-state index contributed by atoms with van der Waals surface area (Å²) in [4.78, 5) is 1.06. The van der Waals surface area contributed by atoms with Gasteiger partial charge in [0.05, 0.1) is 11.0 Å². The number of hydrogen-bond acceptors (Lipinski definition) is 6. The first-order valence-corrected chi connectivity index (χ1v) is 7.91. The van der Waals surface area contributed by atoms with Crippen LogP contribution in [-0.4, -0.2) is 28.4 Å². The van der Waals surface area contributed by atoms with E-state index in [1.54, 1.807) is 11.8 Å². The monoisotopic (exact) mass is 273 g/mol. The smallest absolute Gasteiger partial charge is 0.153 e. The third-order valence-corrected chi connectivity index (χ3v) is 5.02. The Morgan fingerprint density at radius 1 is 1.47 bits per heavy atom. The van der Waals surface area contributed by atoms with Crippen molar-refractivity contribution in [1.29, 1.82) is 0 Å². The lowest BCUT2D eigenvalue weighted by Crippen LogP contribution is -2.23. The Morgan fingerprint density at radius 2 is 2.18 bits per heavy atom. The first-order chi connectivity index (χ1) is 8.20. The number of aromatic nitrogens is 1. The van der Waals surface area contributed by atoms with Crippen LogP contribution in [-0.2, 0) is 0 Å². The fraction of sp³-hybridized carbons (Fsp3) is 0.727. The highest BCUT2D eigenvalue weighted by Gasteiger charge is 2.20. The van der Waals surface area contributed by atoms with E-state index in [-0.39, 0.29) is 6.10 Å². The predicted octanol–water partition coefficient (Wildman–Crippen LogP) is 2.41. The molecule has 1 aromatic rings. The molecule has 0 amide bonds. The zero-order valence-electron chi connectivity index (χ0n) is 9.98. The van der Waals surface area contributed by atoms with E-state index in [4.69, 9.17) is 5.73 Å². The predicted molar refractivity (Wildman–Crippen MR) is 74.8 cm³/mol. The lowest BCUT2D eigenvalue weighted by atomic mass is 9.87. The molecule has 0 saturated heterocycles. The van der Waals surface area contributed by atoms with Crippen LogP contribution in [0.5, 0.6) is 0 Å². The van der Waals surface area contributed by atoms with E-state index < -0.39 is 0 Å². The van der Waals surface area contributed by atoms with E-state index in [1.807, 2.05) is 6.26 Å². The fourth-order valence-corrected chi connectivity index (χ4v) is 3.74. The summed E-state index contributed by atoms with van der Waals surface area (Å²) in [6, 6.07) is 0. The van der Waals surface area contributed by atoms with Crippen LogP contribution < -0.4 is 11.1 Å². The summed E-state index contributed by atoms with van der Waals surface area (Å²) in [5.41, 5.74) is 5.78. The Labute approximate surface area is 110 Å². The Hall–Kier alpha value is -0.460. The molecule has 1 aromatic heterocycles. The SMILES string of the molecule is CSc1c(N)nsc1NCC1CCC(O)CC1. The van der Waals surface area contributed by atoms with Crippen LogP contribution >= 0.6 is 23.3 Å². The van der Waals surface area contributed by atoms with Crippen molar-refractivity contribution in [3.8, 4) is 0 Å². The van der Waals surface area contributed by atoms with Crippen molar-refractivity contribution in [1.82, 2.24) is 4.37 Å². The van der Waals surface area contributed by atoms with Crippen molar-refractivity contribution in [3.05, 3.63) is 0 Å². The number of aliphatic hydroxyl groups is 1. The van der Waals surface area contributed by atoms with Crippen LogP contribution in [0.3, 0.4) is 0 Å². The van der Waals surface area contributed by atoms with Crippen molar-refractivity contribution >= 4 is 34.1 Å². The Morgan fingerprint density at radius 3 is 2.82 bits per heavy atom. The molecule has 4 nitrogen and oxygen atoms in total. The second-order valence-electron chi connectivity index (χ2n) is 4.49. The quantitative estimate of drug-likeness (QED) is 0.735. The van der Waals surface area contributed by atoms with Crippen molar-refractivity contribution in [2.24, 2.45) is 5.92 Å². The van der Waals surface area contributed by atoms with Crippen LogP contribution in [0.25, 0.3) is 0 Å². The molecular formula is C11H19N3OS2. The number of nitrogens with two attached hydrogens (primary N) is 1. The van der Waals surface area contributed by atoms with Gasteiger partial charge in [0, 0.05) is 6.54 Å². The second-order valence-corrected chi connectivity index (χ2v) is 6.08. The minimum Gasteiger partial charge on any atom is -0.393 e. The molecule has 0 atom stereocenters. The molecule has 2 rings (SSSR count). The minimum absolute atomic E-state index is 0.0768. The van der Waals surface area contributed by atoms with E-state index in [1.165, 1.54) is 11.5 Å². The molecule has 0 radical (unpaired) electrons. The highest BCUT2D eigenvalue weighted by molar-refractivity contribution is 7.99. The molecule has 6 heteroatoms. The van der Waals surface area contributed by atoms with Gasteiger partial charge in [-0.3, -0.25) is 0 Å². The molecule has 0 aromatic carbocycles. The maximum atomic E-state index is 9.45. The third kappa shape index (κ3) is 3.26. The van der Waals surface area contributed by atoms with Gasteiger partial charge in [-0.15, -0.1) is 11.8 Å². The maximum absolute atomic E-state index is 9.45. The average molecular weight is 273 g/mol. The summed E-state index contributed by atoms with van der Waals surface area (Å²) in [7, 11) is 0. The van der Waals surface area contributed by atoms with Crippen LogP contribution in [0.4, 0.5) is 10.8 Å². The van der Waals surface area contributed by atoms with E-state index in [0.29, 0.717) is 11.7 Å². The number of rotatable bonds is 4. The highest BCUT2D eigenvalue weighted by atomic mass is 32.2. The van der Waals surface area contributed by atoms with Gasteiger partial charge in [0.2, 0.25) is 0 Å². The second kappa shape index (κ2) is 5.93. The maximum Gasteiger partial charge on any atom is 0.153 e. The van der Waals surface area contributed by atoms with Gasteiger partial charge in [0.1, 0.15) is 5.00 Å². The van der Waals surface area contributed by atoms with Crippen LogP contribution in [0.15, 0.2) is 4.90 Å². The number of nitrogens with one attached hydrogen (secondary N) is 1. The van der Waals surface area contributed by atoms with Gasteiger partial charge in [-0.25, -0.2) is 0 Å². The van der Waals surface area contributed by atoms with Crippen molar-refractivity contribution in [2.45, 2.75) is 36.7 Å². The summed E-state index contributed by atoms with van der Waals surface area (Å²) in [5.74, 6) is 1.29. The van der Waals surface area contributed by atoms with Crippen LogP contribution in [0, 0.1) is 5.92 Å². The van der Waals surface area contributed by atoms with Gasteiger partial charge in [0.25, 0.3) is 0 Å². The topological polar surface area (TPSA) is 71.2 Å². The molecule has 1 aliphatic rings. The first-order valence-electron chi connectivity index (χ1n) is 5.91. The van der Waals surface area contributed by atoms with E-state index in [9.17, 15) is 5.11 Å². The summed E-state index contributed by atoms with van der Waals surface area (Å²) in [6.45, 7) is 0.960. The van der Waals surface area contributed by atoms with Gasteiger partial charge in [-0.2, -0.15) is 4.37 Å². The number of thioether (sulfide) groups is 1. The zero-order chi connectivity index (χ0) is 12.3. The van der Waals surface area contributed by atoms with Crippen molar-refractivity contribution < 1.29 is 5.11 Å². The minimum atomic E-state index is -0.0768. The molecule has 17 heavy (non-hydrogen) atoms. The Kier molecular flexibility index (Phi) is 4.53. The van der Waals surface area contributed by atoms with Crippen molar-refractivity contribution in [3.63, 3.8) is 0 Å². The molecule has 1 fully saturated rings. The highest BCUT2D eigenvalue weighted by Crippen LogP contribution is 2.35. The Balaban J connectivity index is 1.85. The van der Waals surface area contributed by atoms with Crippen molar-refractivity contribution in [2.75, 3.05) is 23.9 Å². The summed E-state index contributed by atoms with van der Waals surface area (Å²) >= 11 is 3.07. The molecule has 4 N–H and O–H groups in total.